The molecule has 2 aromatic carbocycles. The summed E-state index contributed by atoms with van der Waals surface area (Å²) in [5.74, 6) is -1.18. The number of amides is 2. The predicted octanol–water partition coefficient (Wildman–Crippen LogP) is 5.51. The maximum Gasteiger partial charge on any atom is 0.290 e. The maximum absolute atomic E-state index is 14.5. The van der Waals surface area contributed by atoms with Crippen LogP contribution >= 0.6 is 11.6 Å². The molecule has 166 valence electrons. The largest absolute Gasteiger partial charge is 0.459 e. The van der Waals surface area contributed by atoms with E-state index in [1.807, 2.05) is 0 Å². The zero-order valence-corrected chi connectivity index (χ0v) is 18.2. The first kappa shape index (κ1) is 22.1. The van der Waals surface area contributed by atoms with E-state index in [0.29, 0.717) is 16.1 Å². The van der Waals surface area contributed by atoms with Crippen molar-refractivity contribution in [3.8, 4) is 0 Å². The number of halogens is 2. The molecule has 5 nitrogen and oxygen atoms in total. The van der Waals surface area contributed by atoms with Crippen LogP contribution in [-0.2, 0) is 11.3 Å². The van der Waals surface area contributed by atoms with Gasteiger partial charge in [0, 0.05) is 16.6 Å². The van der Waals surface area contributed by atoms with Crippen LogP contribution in [-0.4, -0.2) is 22.8 Å². The number of rotatable bonds is 7. The van der Waals surface area contributed by atoms with Gasteiger partial charge in [-0.1, -0.05) is 54.8 Å². The van der Waals surface area contributed by atoms with Crippen LogP contribution in [0.1, 0.15) is 53.4 Å². The molecule has 0 aliphatic heterocycles. The van der Waals surface area contributed by atoms with E-state index in [1.165, 1.54) is 23.3 Å². The van der Waals surface area contributed by atoms with Crippen LogP contribution in [0.4, 0.5) is 4.39 Å². The van der Waals surface area contributed by atoms with E-state index < -0.39 is 17.8 Å². The second kappa shape index (κ2) is 10.0. The van der Waals surface area contributed by atoms with Gasteiger partial charge in [0.1, 0.15) is 11.9 Å². The van der Waals surface area contributed by atoms with Gasteiger partial charge in [0.15, 0.2) is 5.76 Å². The summed E-state index contributed by atoms with van der Waals surface area (Å²) in [6, 6.07) is 15.2. The maximum atomic E-state index is 14.5. The van der Waals surface area contributed by atoms with E-state index in [2.05, 4.69) is 5.32 Å². The zero-order valence-electron chi connectivity index (χ0n) is 17.5. The molecule has 32 heavy (non-hydrogen) atoms. The highest BCUT2D eigenvalue weighted by molar-refractivity contribution is 6.30. The molecular formula is C25H24ClFN2O3. The van der Waals surface area contributed by atoms with Crippen LogP contribution < -0.4 is 5.32 Å². The molecular weight excluding hydrogens is 431 g/mol. The Morgan fingerprint density at radius 2 is 1.78 bits per heavy atom. The number of furan rings is 1. The number of hydrogen-bond donors (Lipinski definition) is 1. The highest BCUT2D eigenvalue weighted by Gasteiger charge is 2.35. The van der Waals surface area contributed by atoms with E-state index in [9.17, 15) is 14.0 Å². The Labute approximate surface area is 191 Å². The first-order valence-electron chi connectivity index (χ1n) is 10.7. The molecule has 1 unspecified atom stereocenters. The van der Waals surface area contributed by atoms with Crippen molar-refractivity contribution in [3.63, 3.8) is 0 Å². The van der Waals surface area contributed by atoms with E-state index >= 15 is 0 Å². The summed E-state index contributed by atoms with van der Waals surface area (Å²) in [5.41, 5.74) is 0.890. The van der Waals surface area contributed by atoms with Gasteiger partial charge in [-0.15, -0.1) is 0 Å². The van der Waals surface area contributed by atoms with Crippen molar-refractivity contribution in [2.75, 3.05) is 0 Å². The van der Waals surface area contributed by atoms with Crippen LogP contribution in [0.15, 0.2) is 71.3 Å². The molecule has 1 atom stereocenters. The Hall–Kier alpha value is -3.12. The van der Waals surface area contributed by atoms with Crippen LogP contribution in [0.5, 0.6) is 0 Å². The quantitative estimate of drug-likeness (QED) is 0.511. The summed E-state index contributed by atoms with van der Waals surface area (Å²) in [5, 5.41) is 3.60. The van der Waals surface area contributed by atoms with Gasteiger partial charge in [-0.05, 0) is 48.7 Å². The minimum atomic E-state index is -0.981. The topological polar surface area (TPSA) is 62.6 Å². The average Bonchev–Trinajstić information content (AvgIpc) is 3.50. The number of hydrogen-bond acceptors (Lipinski definition) is 3. The summed E-state index contributed by atoms with van der Waals surface area (Å²) in [6.07, 6.45) is 5.31. The van der Waals surface area contributed by atoms with E-state index in [0.717, 1.165) is 25.7 Å². The van der Waals surface area contributed by atoms with Gasteiger partial charge < -0.3 is 14.6 Å². The summed E-state index contributed by atoms with van der Waals surface area (Å²) in [7, 11) is 0. The van der Waals surface area contributed by atoms with E-state index in [-0.39, 0.29) is 24.3 Å². The Morgan fingerprint density at radius 1 is 1.06 bits per heavy atom. The lowest BCUT2D eigenvalue weighted by Crippen LogP contribution is -2.46. The lowest BCUT2D eigenvalue weighted by molar-refractivity contribution is -0.126. The molecule has 1 fully saturated rings. The fourth-order valence-corrected chi connectivity index (χ4v) is 4.23. The first-order chi connectivity index (χ1) is 15.5. The molecule has 0 saturated heterocycles. The van der Waals surface area contributed by atoms with Crippen molar-refractivity contribution in [3.05, 3.63) is 94.7 Å². The van der Waals surface area contributed by atoms with E-state index in [1.54, 1.807) is 48.5 Å². The Morgan fingerprint density at radius 3 is 2.44 bits per heavy atom. The Bertz CT molecular complexity index is 1060. The lowest BCUT2D eigenvalue weighted by atomic mass is 10.0. The van der Waals surface area contributed by atoms with Gasteiger partial charge in [-0.25, -0.2) is 4.39 Å². The molecule has 7 heteroatoms. The van der Waals surface area contributed by atoms with Gasteiger partial charge >= 0.3 is 0 Å². The predicted molar refractivity (Wildman–Crippen MR) is 120 cm³/mol. The van der Waals surface area contributed by atoms with Crippen molar-refractivity contribution in [2.45, 2.75) is 44.3 Å². The third-order valence-corrected chi connectivity index (χ3v) is 5.99. The van der Waals surface area contributed by atoms with Crippen molar-refractivity contribution < 1.29 is 18.4 Å². The second-order valence-electron chi connectivity index (χ2n) is 7.95. The summed E-state index contributed by atoms with van der Waals surface area (Å²) in [6.45, 7) is -0.0996. The molecule has 1 heterocycles. The van der Waals surface area contributed by atoms with Gasteiger partial charge in [-0.2, -0.15) is 0 Å². The average molecular weight is 455 g/mol. The van der Waals surface area contributed by atoms with Crippen LogP contribution in [0.25, 0.3) is 0 Å². The molecule has 1 aromatic heterocycles. The molecule has 1 N–H and O–H groups in total. The minimum Gasteiger partial charge on any atom is -0.459 e. The number of benzene rings is 2. The number of carbonyl (C=O) groups excluding carboxylic acids is 2. The molecule has 0 spiro atoms. The molecule has 2 amide bonds. The minimum absolute atomic E-state index is 0.0614. The highest BCUT2D eigenvalue weighted by Crippen LogP contribution is 2.29. The lowest BCUT2D eigenvalue weighted by Gasteiger charge is -2.32. The molecule has 3 aromatic rings. The normalized spacial score (nSPS) is 14.8. The van der Waals surface area contributed by atoms with Crippen molar-refractivity contribution in [1.82, 2.24) is 10.2 Å². The van der Waals surface area contributed by atoms with Crippen LogP contribution in [0, 0.1) is 5.82 Å². The Balaban J connectivity index is 1.75. The summed E-state index contributed by atoms with van der Waals surface area (Å²) < 4.78 is 19.8. The second-order valence-corrected chi connectivity index (χ2v) is 8.38. The standard InChI is InChI=1S/C25H24ClFN2O3/c26-19-13-11-17(12-14-19)23(24(30)28-20-7-2-3-8-20)29(25(31)22-10-5-15-32-22)16-18-6-1-4-9-21(18)27/h1,4-6,9-15,20,23H,2-3,7-8,16H2,(H,28,30). The van der Waals surface area contributed by atoms with Crippen molar-refractivity contribution in [2.24, 2.45) is 0 Å². The van der Waals surface area contributed by atoms with Crippen LogP contribution in [0.3, 0.4) is 0 Å². The summed E-state index contributed by atoms with van der Waals surface area (Å²) >= 11 is 6.06. The molecule has 0 bridgehead atoms. The number of nitrogens with one attached hydrogen (secondary N) is 1. The van der Waals surface area contributed by atoms with Gasteiger partial charge in [0.05, 0.1) is 12.8 Å². The number of carbonyl (C=O) groups is 2. The molecule has 1 saturated carbocycles. The third-order valence-electron chi connectivity index (χ3n) is 5.74. The first-order valence-corrected chi connectivity index (χ1v) is 11.0. The molecule has 0 radical (unpaired) electrons. The van der Waals surface area contributed by atoms with Crippen LogP contribution in [0.2, 0.25) is 5.02 Å². The third kappa shape index (κ3) is 5.02. The zero-order chi connectivity index (χ0) is 22.5. The van der Waals surface area contributed by atoms with Crippen molar-refractivity contribution >= 4 is 23.4 Å². The molecule has 4 rings (SSSR count). The van der Waals surface area contributed by atoms with E-state index in [4.69, 9.17) is 16.0 Å². The molecule has 1 aliphatic rings. The fraction of sp³-hybridized carbons (Fsp3) is 0.280. The number of nitrogens with zero attached hydrogens (tertiary/aromatic N) is 1. The highest BCUT2D eigenvalue weighted by atomic mass is 35.5. The van der Waals surface area contributed by atoms with Gasteiger partial charge in [0.25, 0.3) is 5.91 Å². The smallest absolute Gasteiger partial charge is 0.290 e. The SMILES string of the molecule is O=C(NC1CCCC1)C(c1ccc(Cl)cc1)N(Cc1ccccc1F)C(=O)c1ccco1. The van der Waals surface area contributed by atoms with Gasteiger partial charge in [0.2, 0.25) is 5.91 Å². The monoisotopic (exact) mass is 454 g/mol. The molecule has 1 aliphatic carbocycles. The van der Waals surface area contributed by atoms with Gasteiger partial charge in [-0.3, -0.25) is 9.59 Å². The Kier molecular flexibility index (Phi) is 6.90. The summed E-state index contributed by atoms with van der Waals surface area (Å²) in [4.78, 5) is 28.3. The fourth-order valence-electron chi connectivity index (χ4n) is 4.10. The van der Waals surface area contributed by atoms with Crippen molar-refractivity contribution in [1.29, 1.82) is 0 Å².